The molecule has 0 bridgehead atoms. The first-order chi connectivity index (χ1) is 15.1. The molecule has 0 radical (unpaired) electrons. The van der Waals surface area contributed by atoms with Crippen LogP contribution in [0.5, 0.6) is 5.75 Å². The molecular weight excluding hydrogens is 388 g/mol. The van der Waals surface area contributed by atoms with E-state index in [0.29, 0.717) is 17.6 Å². The molecule has 0 amide bonds. The normalized spacial score (nSPS) is 18.1. The van der Waals surface area contributed by atoms with Crippen LogP contribution in [0.3, 0.4) is 0 Å². The molecule has 0 N–H and O–H groups in total. The van der Waals surface area contributed by atoms with Crippen LogP contribution in [0.15, 0.2) is 103 Å². The van der Waals surface area contributed by atoms with Gasteiger partial charge in [0.25, 0.3) is 0 Å². The topological polar surface area (TPSA) is 52.6 Å². The number of allylic oxidation sites excluding steroid dienone is 6. The molecule has 0 heterocycles. The second-order valence-electron chi connectivity index (χ2n) is 7.04. The van der Waals surface area contributed by atoms with Gasteiger partial charge in [0.2, 0.25) is 0 Å². The number of ether oxygens (including phenoxy) is 2. The zero-order valence-electron chi connectivity index (χ0n) is 17.6. The minimum absolute atomic E-state index is 0.0429. The third-order valence-corrected chi connectivity index (χ3v) is 5.12. The summed E-state index contributed by atoms with van der Waals surface area (Å²) >= 11 is 0. The molecule has 0 spiro atoms. The molecule has 4 heteroatoms. The molecule has 156 valence electrons. The Hall–Kier alpha value is -3.72. The summed E-state index contributed by atoms with van der Waals surface area (Å²) in [6.45, 7) is 0. The van der Waals surface area contributed by atoms with E-state index < -0.39 is 5.60 Å². The van der Waals surface area contributed by atoms with Crippen molar-refractivity contribution in [3.63, 3.8) is 0 Å². The van der Waals surface area contributed by atoms with Crippen LogP contribution in [0.2, 0.25) is 0 Å². The van der Waals surface area contributed by atoms with E-state index in [9.17, 15) is 9.59 Å². The second kappa shape index (κ2) is 10.4. The highest BCUT2D eigenvalue weighted by atomic mass is 16.5. The lowest BCUT2D eigenvalue weighted by Crippen LogP contribution is -2.27. The van der Waals surface area contributed by atoms with E-state index in [1.54, 1.807) is 56.7 Å². The minimum Gasteiger partial charge on any atom is -0.497 e. The van der Waals surface area contributed by atoms with Crippen molar-refractivity contribution in [3.05, 3.63) is 114 Å². The zero-order chi connectivity index (χ0) is 22.1. The lowest BCUT2D eigenvalue weighted by Gasteiger charge is -2.27. The van der Waals surface area contributed by atoms with Crippen molar-refractivity contribution >= 4 is 17.3 Å². The summed E-state index contributed by atoms with van der Waals surface area (Å²) in [5.41, 5.74) is 2.08. The number of carbonyl (C=O) groups is 1. The van der Waals surface area contributed by atoms with E-state index in [-0.39, 0.29) is 5.78 Å². The third-order valence-electron chi connectivity index (χ3n) is 5.12. The van der Waals surface area contributed by atoms with Crippen LogP contribution in [-0.2, 0) is 9.53 Å². The van der Waals surface area contributed by atoms with E-state index in [1.807, 2.05) is 60.6 Å². The van der Waals surface area contributed by atoms with Crippen molar-refractivity contribution in [2.24, 2.45) is 0 Å². The Morgan fingerprint density at radius 2 is 1.74 bits per heavy atom. The summed E-state index contributed by atoms with van der Waals surface area (Å²) in [5, 5.41) is 0. The van der Waals surface area contributed by atoms with E-state index in [0.717, 1.165) is 16.9 Å². The van der Waals surface area contributed by atoms with Gasteiger partial charge in [-0.05, 0) is 59.7 Å². The quantitative estimate of drug-likeness (QED) is 0.260. The van der Waals surface area contributed by atoms with E-state index in [2.05, 4.69) is 0 Å². The molecule has 3 rings (SSSR count). The van der Waals surface area contributed by atoms with Crippen molar-refractivity contribution in [1.82, 2.24) is 0 Å². The monoisotopic (exact) mass is 412 g/mol. The lowest BCUT2D eigenvalue weighted by atomic mass is 9.90. The number of benzene rings is 2. The predicted octanol–water partition coefficient (Wildman–Crippen LogP) is 5.18. The van der Waals surface area contributed by atoms with Crippen LogP contribution in [0.1, 0.15) is 22.3 Å². The summed E-state index contributed by atoms with van der Waals surface area (Å²) in [5.74, 6) is 2.67. The van der Waals surface area contributed by atoms with Gasteiger partial charge in [-0.3, -0.25) is 4.79 Å². The Kier molecular flexibility index (Phi) is 7.34. The molecule has 1 atom stereocenters. The molecule has 0 saturated heterocycles. The molecule has 2 aromatic carbocycles. The number of hydrogen-bond donors (Lipinski definition) is 0. The van der Waals surface area contributed by atoms with Crippen LogP contribution in [0.25, 0.3) is 5.57 Å². The average Bonchev–Trinajstić information content (AvgIpc) is 2.84. The highest BCUT2D eigenvalue weighted by Gasteiger charge is 2.24. The maximum Gasteiger partial charge on any atom is 0.185 e. The average molecular weight is 412 g/mol. The molecule has 0 aliphatic heterocycles. The van der Waals surface area contributed by atoms with E-state index >= 15 is 0 Å². The maximum atomic E-state index is 12.2. The summed E-state index contributed by atoms with van der Waals surface area (Å²) in [6, 6.07) is 16.4. The summed E-state index contributed by atoms with van der Waals surface area (Å²) in [6.07, 6.45) is 13.3. The van der Waals surface area contributed by atoms with Gasteiger partial charge in [0.1, 0.15) is 17.3 Å². The van der Waals surface area contributed by atoms with E-state index in [1.165, 1.54) is 0 Å². The molecule has 1 aliphatic rings. The SMILES string of the molecule is COc1ccc(C(=C=O)C=CC2(OC)C=CC(/C=C/C(=O)c3ccccc3)=CC2)cc1. The molecular formula is C27H24O4. The molecule has 4 nitrogen and oxygen atoms in total. The number of ketones is 1. The molecule has 31 heavy (non-hydrogen) atoms. The Morgan fingerprint density at radius 1 is 1.00 bits per heavy atom. The third kappa shape index (κ3) is 5.67. The van der Waals surface area contributed by atoms with Gasteiger partial charge in [-0.25, -0.2) is 4.79 Å². The number of methoxy groups -OCH3 is 2. The molecule has 1 aliphatic carbocycles. The fraction of sp³-hybridized carbons (Fsp3) is 0.148. The molecule has 2 aromatic rings. The van der Waals surface area contributed by atoms with Gasteiger partial charge < -0.3 is 9.47 Å². The minimum atomic E-state index is -0.671. The van der Waals surface area contributed by atoms with Crippen LogP contribution >= 0.6 is 0 Å². The number of rotatable bonds is 8. The fourth-order valence-corrected chi connectivity index (χ4v) is 3.17. The summed E-state index contributed by atoms with van der Waals surface area (Å²) < 4.78 is 10.9. The lowest BCUT2D eigenvalue weighted by molar-refractivity contribution is 0.0757. The van der Waals surface area contributed by atoms with Gasteiger partial charge in [-0.1, -0.05) is 48.6 Å². The van der Waals surface area contributed by atoms with Crippen molar-refractivity contribution in [1.29, 1.82) is 0 Å². The van der Waals surface area contributed by atoms with Crippen LogP contribution in [-0.4, -0.2) is 31.5 Å². The molecule has 1 unspecified atom stereocenters. The highest BCUT2D eigenvalue weighted by molar-refractivity contribution is 6.04. The van der Waals surface area contributed by atoms with Crippen LogP contribution < -0.4 is 4.74 Å². The fourth-order valence-electron chi connectivity index (χ4n) is 3.17. The molecule has 0 aromatic heterocycles. The van der Waals surface area contributed by atoms with Crippen molar-refractivity contribution in [2.75, 3.05) is 14.2 Å². The number of carbonyl (C=O) groups excluding carboxylic acids is 2. The Bertz CT molecular complexity index is 1080. The first-order valence-electron chi connectivity index (χ1n) is 9.90. The van der Waals surface area contributed by atoms with Gasteiger partial charge in [0.15, 0.2) is 5.78 Å². The molecule has 0 saturated carbocycles. The smallest absolute Gasteiger partial charge is 0.185 e. The first kappa shape index (κ1) is 22.0. The van der Waals surface area contributed by atoms with Crippen molar-refractivity contribution in [3.8, 4) is 5.75 Å². The van der Waals surface area contributed by atoms with E-state index in [4.69, 9.17) is 9.47 Å². The summed E-state index contributed by atoms with van der Waals surface area (Å²) in [4.78, 5) is 23.7. The largest absolute Gasteiger partial charge is 0.497 e. The molecule has 0 fully saturated rings. The van der Waals surface area contributed by atoms with Crippen molar-refractivity contribution in [2.45, 2.75) is 12.0 Å². The zero-order valence-corrected chi connectivity index (χ0v) is 17.6. The Labute approximate surface area is 182 Å². The van der Waals surface area contributed by atoms with Crippen molar-refractivity contribution < 1.29 is 19.1 Å². The van der Waals surface area contributed by atoms with Gasteiger partial charge in [-0.15, -0.1) is 0 Å². The number of hydrogen-bond acceptors (Lipinski definition) is 4. The van der Waals surface area contributed by atoms with Crippen LogP contribution in [0.4, 0.5) is 0 Å². The van der Waals surface area contributed by atoms with Gasteiger partial charge in [-0.2, -0.15) is 0 Å². The van der Waals surface area contributed by atoms with Gasteiger partial charge in [0.05, 0.1) is 12.7 Å². The summed E-state index contributed by atoms with van der Waals surface area (Å²) in [7, 11) is 3.22. The van der Waals surface area contributed by atoms with Gasteiger partial charge in [0, 0.05) is 19.1 Å². The first-order valence-corrected chi connectivity index (χ1v) is 9.90. The highest BCUT2D eigenvalue weighted by Crippen LogP contribution is 2.28. The Morgan fingerprint density at radius 3 is 2.32 bits per heavy atom. The standard InChI is InChI=1S/C27H24O4/c1-30-25-11-9-22(10-12-25)24(20-28)16-19-27(31-2)17-14-21(15-18-27)8-13-26(29)23-6-4-3-5-7-23/h3-17,19H,18H2,1-2H3/b13-8+,19-16?. The predicted molar refractivity (Wildman–Crippen MR) is 123 cm³/mol. The van der Waals surface area contributed by atoms with Gasteiger partial charge >= 0.3 is 0 Å². The second-order valence-corrected chi connectivity index (χ2v) is 7.04. The Balaban J connectivity index is 1.69. The maximum absolute atomic E-state index is 12.2. The van der Waals surface area contributed by atoms with Crippen LogP contribution in [0, 0.1) is 0 Å².